The van der Waals surface area contributed by atoms with Crippen LogP contribution in [-0.2, 0) is 6.42 Å². The van der Waals surface area contributed by atoms with Crippen molar-refractivity contribution in [2.45, 2.75) is 13.3 Å². The van der Waals surface area contributed by atoms with Gasteiger partial charge in [-0.05, 0) is 18.2 Å². The van der Waals surface area contributed by atoms with Crippen molar-refractivity contribution in [1.82, 2.24) is 0 Å². The molecule has 1 aromatic heterocycles. The van der Waals surface area contributed by atoms with Crippen LogP contribution in [0.3, 0.4) is 0 Å². The Kier molecular flexibility index (Phi) is 3.29. The topological polar surface area (TPSA) is 30.2 Å². The second-order valence-electron chi connectivity index (χ2n) is 4.68. The van der Waals surface area contributed by atoms with Gasteiger partial charge < -0.3 is 4.42 Å². The van der Waals surface area contributed by atoms with Gasteiger partial charge in [0.2, 0.25) is 5.78 Å². The van der Waals surface area contributed by atoms with Gasteiger partial charge in [-0.3, -0.25) is 4.79 Å². The van der Waals surface area contributed by atoms with Gasteiger partial charge in [0.1, 0.15) is 23.0 Å². The first-order valence-corrected chi connectivity index (χ1v) is 6.62. The number of carbonyl (C=O) groups is 1. The highest BCUT2D eigenvalue weighted by molar-refractivity contribution is 6.17. The van der Waals surface area contributed by atoms with Crippen molar-refractivity contribution in [2.24, 2.45) is 0 Å². The highest BCUT2D eigenvalue weighted by atomic mass is 19.1. The molecule has 0 radical (unpaired) electrons. The van der Waals surface area contributed by atoms with E-state index < -0.39 is 23.0 Å². The van der Waals surface area contributed by atoms with Gasteiger partial charge in [0.15, 0.2) is 0 Å². The Labute approximate surface area is 120 Å². The van der Waals surface area contributed by atoms with E-state index in [4.69, 9.17) is 4.42 Å². The Balaban J connectivity index is 2.27. The van der Waals surface area contributed by atoms with E-state index in [2.05, 4.69) is 0 Å². The van der Waals surface area contributed by atoms with Gasteiger partial charge in [-0.1, -0.05) is 31.2 Å². The largest absolute Gasteiger partial charge is 0.460 e. The highest BCUT2D eigenvalue weighted by Crippen LogP contribution is 2.29. The van der Waals surface area contributed by atoms with E-state index in [0.29, 0.717) is 23.2 Å². The van der Waals surface area contributed by atoms with Crippen LogP contribution in [0.1, 0.15) is 28.6 Å². The predicted molar refractivity (Wildman–Crippen MR) is 75.4 cm³/mol. The fraction of sp³-hybridized carbons (Fsp3) is 0.118. The average molecular weight is 286 g/mol. The van der Waals surface area contributed by atoms with Crippen LogP contribution in [0.5, 0.6) is 0 Å². The van der Waals surface area contributed by atoms with Crippen molar-refractivity contribution in [3.05, 3.63) is 71.0 Å². The Hall–Kier alpha value is -2.49. The van der Waals surface area contributed by atoms with Gasteiger partial charge in [0.05, 0.1) is 11.1 Å². The van der Waals surface area contributed by atoms with E-state index in [1.165, 1.54) is 6.07 Å². The average Bonchev–Trinajstić information content (AvgIpc) is 2.85. The van der Waals surface area contributed by atoms with E-state index in [0.717, 1.165) is 12.1 Å². The minimum atomic E-state index is -0.868. The first-order chi connectivity index (χ1) is 10.1. The summed E-state index contributed by atoms with van der Waals surface area (Å²) < 4.78 is 33.3. The number of furan rings is 1. The molecule has 0 saturated heterocycles. The lowest BCUT2D eigenvalue weighted by molar-refractivity contribution is 0.103. The van der Waals surface area contributed by atoms with Gasteiger partial charge in [-0.15, -0.1) is 0 Å². The summed E-state index contributed by atoms with van der Waals surface area (Å²) in [5.74, 6) is -1.99. The van der Waals surface area contributed by atoms with E-state index in [-0.39, 0.29) is 5.56 Å². The number of fused-ring (bicyclic) bond motifs is 1. The zero-order valence-corrected chi connectivity index (χ0v) is 11.3. The molecule has 0 aliphatic carbocycles. The van der Waals surface area contributed by atoms with Gasteiger partial charge in [-0.25, -0.2) is 8.78 Å². The Morgan fingerprint density at radius 1 is 1.00 bits per heavy atom. The Bertz CT molecular complexity index is 814. The maximum atomic E-state index is 13.8. The molecule has 0 aliphatic heterocycles. The van der Waals surface area contributed by atoms with E-state index >= 15 is 0 Å². The lowest BCUT2D eigenvalue weighted by Gasteiger charge is -2.04. The van der Waals surface area contributed by atoms with Crippen molar-refractivity contribution < 1.29 is 18.0 Å². The number of ketones is 1. The first-order valence-electron chi connectivity index (χ1n) is 6.62. The molecule has 0 bridgehead atoms. The van der Waals surface area contributed by atoms with Crippen molar-refractivity contribution in [2.75, 3.05) is 0 Å². The van der Waals surface area contributed by atoms with Crippen LogP contribution in [0.25, 0.3) is 11.0 Å². The number of rotatable bonds is 3. The molecule has 3 rings (SSSR count). The first kappa shape index (κ1) is 13.5. The number of hydrogen-bond donors (Lipinski definition) is 0. The smallest absolute Gasteiger partial charge is 0.203 e. The fourth-order valence-corrected chi connectivity index (χ4v) is 2.43. The summed E-state index contributed by atoms with van der Waals surface area (Å²) in [5, 5.41) is 0.571. The van der Waals surface area contributed by atoms with Gasteiger partial charge >= 0.3 is 0 Å². The molecule has 0 aliphatic rings. The summed E-state index contributed by atoms with van der Waals surface area (Å²) in [6.07, 6.45) is 0.464. The summed E-state index contributed by atoms with van der Waals surface area (Å²) in [6.45, 7) is 1.83. The van der Waals surface area contributed by atoms with Crippen LogP contribution >= 0.6 is 0 Å². The molecule has 106 valence electrons. The second-order valence-corrected chi connectivity index (χ2v) is 4.68. The molecule has 0 fully saturated rings. The molecule has 21 heavy (non-hydrogen) atoms. The fourth-order valence-electron chi connectivity index (χ4n) is 2.43. The molecular formula is C17H12F2O2. The third kappa shape index (κ3) is 2.13. The van der Waals surface area contributed by atoms with Crippen LogP contribution in [0.4, 0.5) is 8.78 Å². The quantitative estimate of drug-likeness (QED) is 0.663. The van der Waals surface area contributed by atoms with Gasteiger partial charge in [0, 0.05) is 11.8 Å². The third-order valence-electron chi connectivity index (χ3n) is 3.41. The summed E-state index contributed by atoms with van der Waals surface area (Å²) in [7, 11) is 0. The molecule has 3 aromatic rings. The number of carbonyl (C=O) groups excluding carboxylic acids is 1. The Morgan fingerprint density at radius 2 is 1.67 bits per heavy atom. The zero-order valence-electron chi connectivity index (χ0n) is 11.3. The second kappa shape index (κ2) is 5.13. The van der Waals surface area contributed by atoms with E-state index in [9.17, 15) is 13.6 Å². The predicted octanol–water partition coefficient (Wildman–Crippen LogP) is 4.50. The van der Waals surface area contributed by atoms with Gasteiger partial charge in [0.25, 0.3) is 0 Å². The lowest BCUT2D eigenvalue weighted by atomic mass is 9.98. The van der Waals surface area contributed by atoms with E-state index in [1.807, 2.05) is 6.92 Å². The molecule has 0 amide bonds. The number of hydrogen-bond acceptors (Lipinski definition) is 2. The molecule has 2 nitrogen and oxygen atoms in total. The molecule has 0 N–H and O–H groups in total. The molecule has 0 unspecified atom stereocenters. The van der Waals surface area contributed by atoms with Gasteiger partial charge in [-0.2, -0.15) is 0 Å². The van der Waals surface area contributed by atoms with Crippen molar-refractivity contribution in [3.63, 3.8) is 0 Å². The zero-order chi connectivity index (χ0) is 15.0. The molecular weight excluding hydrogens is 274 g/mol. The summed E-state index contributed by atoms with van der Waals surface area (Å²) in [5.41, 5.74) is 0.227. The van der Waals surface area contributed by atoms with E-state index in [1.54, 1.807) is 24.3 Å². The third-order valence-corrected chi connectivity index (χ3v) is 3.41. The van der Waals surface area contributed by atoms with Crippen molar-refractivity contribution >= 4 is 16.8 Å². The minimum Gasteiger partial charge on any atom is -0.460 e. The number of para-hydroxylation sites is 1. The molecule has 0 atom stereocenters. The van der Waals surface area contributed by atoms with Crippen LogP contribution in [0.2, 0.25) is 0 Å². The van der Waals surface area contributed by atoms with Crippen LogP contribution in [-0.4, -0.2) is 5.78 Å². The maximum absolute atomic E-state index is 13.8. The molecule has 2 aromatic carbocycles. The summed E-state index contributed by atoms with van der Waals surface area (Å²) in [4.78, 5) is 12.6. The molecule has 0 saturated carbocycles. The summed E-state index contributed by atoms with van der Waals surface area (Å²) >= 11 is 0. The number of aryl methyl sites for hydroxylation is 1. The molecule has 4 heteroatoms. The van der Waals surface area contributed by atoms with Crippen LogP contribution in [0, 0.1) is 11.6 Å². The minimum absolute atomic E-state index is 0.233. The normalized spacial score (nSPS) is 11.0. The summed E-state index contributed by atoms with van der Waals surface area (Å²) in [6, 6.07) is 10.4. The lowest BCUT2D eigenvalue weighted by Crippen LogP contribution is -2.08. The maximum Gasteiger partial charge on any atom is 0.203 e. The number of benzene rings is 2. The van der Waals surface area contributed by atoms with Crippen LogP contribution < -0.4 is 0 Å². The number of halogens is 2. The van der Waals surface area contributed by atoms with Crippen molar-refractivity contribution in [3.8, 4) is 0 Å². The molecule has 0 spiro atoms. The standard InChI is InChI=1S/C17H12F2O2/c1-2-13-15(10-6-3-4-9-14(10)21-13)17(20)16-11(18)7-5-8-12(16)19/h3-9H,2H2,1H3. The Morgan fingerprint density at radius 3 is 2.33 bits per heavy atom. The monoisotopic (exact) mass is 286 g/mol. The van der Waals surface area contributed by atoms with Crippen LogP contribution in [0.15, 0.2) is 46.9 Å². The highest BCUT2D eigenvalue weighted by Gasteiger charge is 2.25. The SMILES string of the molecule is CCc1oc2ccccc2c1C(=O)c1c(F)cccc1F. The molecule has 1 heterocycles. The van der Waals surface area contributed by atoms with Crippen molar-refractivity contribution in [1.29, 1.82) is 0 Å².